The molecule has 1 rings (SSSR count). The van der Waals surface area contributed by atoms with Gasteiger partial charge in [-0.25, -0.2) is 17.6 Å². The maximum Gasteiger partial charge on any atom is 0.350 e. The molecule has 0 amide bonds. The van der Waals surface area contributed by atoms with Crippen LogP contribution in [0.2, 0.25) is 0 Å². The predicted octanol–water partition coefficient (Wildman–Crippen LogP) is 0.201. The van der Waals surface area contributed by atoms with E-state index >= 15 is 0 Å². The molecule has 0 fully saturated rings. The molecule has 0 aliphatic carbocycles. The maximum absolute atomic E-state index is 8.63. The van der Waals surface area contributed by atoms with E-state index in [0.29, 0.717) is 0 Å². The van der Waals surface area contributed by atoms with Gasteiger partial charge in [-0.15, -0.1) is 0 Å². The highest BCUT2D eigenvalue weighted by molar-refractivity contribution is 7.79. The van der Waals surface area contributed by atoms with Crippen LogP contribution in [0.4, 0.5) is 0 Å². The molecule has 16 heavy (non-hydrogen) atoms. The van der Waals surface area contributed by atoms with Gasteiger partial charge in [0.1, 0.15) is 11.4 Å². The first-order chi connectivity index (χ1) is 7.04. The van der Waals surface area contributed by atoms with Gasteiger partial charge in [-0.2, -0.15) is 0 Å². The minimum Gasteiger partial charge on any atom is -0.726 e. The smallest absolute Gasteiger partial charge is 0.350 e. The van der Waals surface area contributed by atoms with Crippen LogP contribution < -0.4 is 4.57 Å². The molecule has 6 nitrogen and oxygen atoms in total. The van der Waals surface area contributed by atoms with Gasteiger partial charge in [0, 0.05) is 18.3 Å². The summed E-state index contributed by atoms with van der Waals surface area (Å²) in [6, 6.07) is 2.12. The van der Waals surface area contributed by atoms with Crippen molar-refractivity contribution < 1.29 is 22.1 Å². The van der Waals surface area contributed by atoms with E-state index < -0.39 is 10.4 Å². The van der Waals surface area contributed by atoms with Crippen molar-refractivity contribution in [2.75, 3.05) is 0 Å². The largest absolute Gasteiger partial charge is 0.726 e. The van der Waals surface area contributed by atoms with E-state index in [2.05, 4.69) is 19.9 Å². The second-order valence-electron chi connectivity index (χ2n) is 3.26. The predicted molar refractivity (Wildman–Crippen MR) is 59.2 cm³/mol. The number of nitrogens with zero attached hydrogens (tertiary/aromatic N) is 2. The molecule has 0 atom stereocenters. The van der Waals surface area contributed by atoms with E-state index in [1.165, 1.54) is 11.4 Å². The van der Waals surface area contributed by atoms with Crippen LogP contribution in [-0.4, -0.2) is 22.1 Å². The highest BCUT2D eigenvalue weighted by Gasteiger charge is 2.05. The SMILES string of the molecule is Cc1cc(C)[n+](C)c(=S)n1C.O=S(=O)([O-])O. The van der Waals surface area contributed by atoms with Crippen LogP contribution in [0.15, 0.2) is 6.07 Å². The third-order valence-electron chi connectivity index (χ3n) is 2.05. The third kappa shape index (κ3) is 5.31. The van der Waals surface area contributed by atoms with Crippen molar-refractivity contribution in [1.29, 1.82) is 0 Å². The zero-order valence-electron chi connectivity index (χ0n) is 9.46. The van der Waals surface area contributed by atoms with E-state index in [1.807, 2.05) is 23.2 Å². The maximum atomic E-state index is 8.63. The lowest BCUT2D eigenvalue weighted by Crippen LogP contribution is -2.36. The highest BCUT2D eigenvalue weighted by Crippen LogP contribution is 1.96. The van der Waals surface area contributed by atoms with Crippen LogP contribution in [0, 0.1) is 18.6 Å². The Labute approximate surface area is 99.7 Å². The fourth-order valence-electron chi connectivity index (χ4n) is 1.02. The molecular weight excluding hydrogens is 252 g/mol. The van der Waals surface area contributed by atoms with Crippen molar-refractivity contribution in [1.82, 2.24) is 4.57 Å². The van der Waals surface area contributed by atoms with E-state index in [1.54, 1.807) is 0 Å². The Morgan fingerprint density at radius 1 is 1.50 bits per heavy atom. The van der Waals surface area contributed by atoms with E-state index in [-0.39, 0.29) is 0 Å². The van der Waals surface area contributed by atoms with Gasteiger partial charge in [-0.05, 0) is 13.8 Å². The van der Waals surface area contributed by atoms with E-state index in [0.717, 1.165) is 4.77 Å². The highest BCUT2D eigenvalue weighted by atomic mass is 32.3. The van der Waals surface area contributed by atoms with Gasteiger partial charge in [0.25, 0.3) is 0 Å². The average Bonchev–Trinajstić information content (AvgIpc) is 2.09. The molecule has 0 radical (unpaired) electrons. The van der Waals surface area contributed by atoms with Crippen LogP contribution in [-0.2, 0) is 24.5 Å². The number of hydrogen-bond donors (Lipinski definition) is 1. The summed E-state index contributed by atoms with van der Waals surface area (Å²) in [6.45, 7) is 4.12. The molecule has 0 saturated heterocycles. The van der Waals surface area contributed by atoms with Crippen molar-refractivity contribution in [3.8, 4) is 0 Å². The third-order valence-corrected chi connectivity index (χ3v) is 2.60. The molecule has 1 aromatic rings. The second-order valence-corrected chi connectivity index (χ2v) is 4.48. The molecule has 0 spiro atoms. The minimum absolute atomic E-state index is 0.863. The van der Waals surface area contributed by atoms with Gasteiger partial charge in [-0.3, -0.25) is 4.55 Å². The van der Waals surface area contributed by atoms with Gasteiger partial charge in [0.2, 0.25) is 10.4 Å². The quantitative estimate of drug-likeness (QED) is 0.314. The molecule has 1 aromatic heterocycles. The van der Waals surface area contributed by atoms with Gasteiger partial charge in [-0.1, -0.05) is 0 Å². The van der Waals surface area contributed by atoms with Crippen LogP contribution in [0.1, 0.15) is 11.4 Å². The summed E-state index contributed by atoms with van der Waals surface area (Å²) >= 11 is 5.20. The van der Waals surface area contributed by atoms with Crippen molar-refractivity contribution in [3.63, 3.8) is 0 Å². The molecule has 0 unspecified atom stereocenters. The Balaban J connectivity index is 0.000000385. The molecule has 0 aromatic carbocycles. The Morgan fingerprint density at radius 3 is 2.25 bits per heavy atom. The summed E-state index contributed by atoms with van der Waals surface area (Å²) in [4.78, 5) is 0. The van der Waals surface area contributed by atoms with E-state index in [9.17, 15) is 0 Å². The van der Waals surface area contributed by atoms with Gasteiger partial charge < -0.3 is 4.55 Å². The molecule has 92 valence electrons. The molecule has 0 saturated carbocycles. The van der Waals surface area contributed by atoms with Crippen molar-refractivity contribution >= 4 is 22.6 Å². The van der Waals surface area contributed by atoms with Crippen LogP contribution in [0.3, 0.4) is 0 Å². The van der Waals surface area contributed by atoms with Crippen molar-refractivity contribution in [2.45, 2.75) is 13.8 Å². The van der Waals surface area contributed by atoms with Crippen molar-refractivity contribution in [3.05, 3.63) is 22.2 Å². The van der Waals surface area contributed by atoms with Gasteiger partial charge in [0.15, 0.2) is 0 Å². The Morgan fingerprint density at radius 2 is 1.88 bits per heavy atom. The zero-order chi connectivity index (χ0) is 13.1. The first-order valence-corrected chi connectivity index (χ1v) is 6.03. The minimum atomic E-state index is -4.92. The molecule has 0 aliphatic rings. The summed E-state index contributed by atoms with van der Waals surface area (Å²) < 4.78 is 37.7. The topological polar surface area (TPSA) is 86.2 Å². The summed E-state index contributed by atoms with van der Waals surface area (Å²) in [5, 5.41) is 0. The number of aromatic nitrogens is 2. The molecule has 0 bridgehead atoms. The second kappa shape index (κ2) is 5.48. The molecule has 1 N–H and O–H groups in total. The van der Waals surface area contributed by atoms with Gasteiger partial charge >= 0.3 is 4.77 Å². The van der Waals surface area contributed by atoms with Crippen LogP contribution >= 0.6 is 12.2 Å². The monoisotopic (exact) mass is 266 g/mol. The Hall–Kier alpha value is -0.830. The van der Waals surface area contributed by atoms with E-state index in [4.69, 9.17) is 29.7 Å². The van der Waals surface area contributed by atoms with Crippen molar-refractivity contribution in [2.24, 2.45) is 14.1 Å². The molecule has 8 heteroatoms. The average molecular weight is 266 g/mol. The normalized spacial score (nSPS) is 10.6. The fraction of sp³-hybridized carbons (Fsp3) is 0.500. The van der Waals surface area contributed by atoms with Crippen LogP contribution in [0.25, 0.3) is 0 Å². The first kappa shape index (κ1) is 15.2. The summed E-state index contributed by atoms with van der Waals surface area (Å²) in [7, 11) is -0.950. The lowest BCUT2D eigenvalue weighted by Gasteiger charge is -2.02. The zero-order valence-corrected chi connectivity index (χ0v) is 11.1. The first-order valence-electron chi connectivity index (χ1n) is 4.25. The number of aryl methyl sites for hydroxylation is 2. The molecule has 0 aliphatic heterocycles. The van der Waals surface area contributed by atoms with Gasteiger partial charge in [0.05, 0.1) is 14.1 Å². The summed E-state index contributed by atoms with van der Waals surface area (Å²) in [6.07, 6.45) is 0. The fourth-order valence-corrected chi connectivity index (χ4v) is 1.31. The molecule has 1 heterocycles. The summed E-state index contributed by atoms with van der Waals surface area (Å²) in [5.41, 5.74) is 2.40. The number of rotatable bonds is 0. The Kier molecular flexibility index (Phi) is 5.20. The molecular formula is C8H14N2O4S2. The lowest BCUT2D eigenvalue weighted by atomic mass is 10.3. The van der Waals surface area contributed by atoms with Crippen LogP contribution in [0.5, 0.6) is 0 Å². The summed E-state index contributed by atoms with van der Waals surface area (Å²) in [5.74, 6) is 0. The Bertz CT molecular complexity index is 496. The standard InChI is InChI=1S/C8H13N2S.H2O4S/c1-6-5-7(2)10(4)8(11)9(6)3;1-5(2,3)4/h5H,1-4H3;(H2,1,2,3,4)/q+1;/p-1. The lowest BCUT2D eigenvalue weighted by molar-refractivity contribution is -0.689. The number of hydrogen-bond acceptors (Lipinski definition) is 4.